The maximum atomic E-state index is 12.0. The van der Waals surface area contributed by atoms with Gasteiger partial charge in [-0.15, -0.1) is 12.4 Å². The van der Waals surface area contributed by atoms with Gasteiger partial charge in [-0.3, -0.25) is 4.79 Å². The van der Waals surface area contributed by atoms with Crippen LogP contribution in [0.3, 0.4) is 0 Å². The van der Waals surface area contributed by atoms with Crippen molar-refractivity contribution in [3.8, 4) is 5.75 Å². The van der Waals surface area contributed by atoms with Crippen LogP contribution in [0.15, 0.2) is 54.6 Å². The molecule has 23 heavy (non-hydrogen) atoms. The minimum Gasteiger partial charge on any atom is -0.496 e. The van der Waals surface area contributed by atoms with E-state index in [1.807, 2.05) is 54.6 Å². The van der Waals surface area contributed by atoms with E-state index in [1.54, 1.807) is 7.11 Å². The van der Waals surface area contributed by atoms with Crippen LogP contribution in [-0.2, 0) is 17.6 Å². The Kier molecular flexibility index (Phi) is 8.16. The second-order valence-electron chi connectivity index (χ2n) is 5.15. The average molecular weight is 335 g/mol. The van der Waals surface area contributed by atoms with E-state index in [2.05, 4.69) is 5.32 Å². The molecule has 2 aromatic rings. The summed E-state index contributed by atoms with van der Waals surface area (Å²) in [7, 11) is 1.65. The van der Waals surface area contributed by atoms with Crippen LogP contribution in [0.1, 0.15) is 11.1 Å². The summed E-state index contributed by atoms with van der Waals surface area (Å²) in [5.41, 5.74) is 8.08. The lowest BCUT2D eigenvalue weighted by atomic mass is 10.1. The number of ether oxygens (including phenoxy) is 1. The zero-order valence-electron chi connectivity index (χ0n) is 13.2. The normalized spacial score (nSPS) is 11.2. The van der Waals surface area contributed by atoms with E-state index < -0.39 is 6.04 Å². The third kappa shape index (κ3) is 5.93. The standard InChI is InChI=1S/C18H22N2O2.ClH/c1-22-17-10-6-5-9-15(17)11-12-20-18(21)16(19)13-14-7-3-2-4-8-14;/h2-10,16H,11-13,19H2,1H3,(H,20,21);1H. The maximum absolute atomic E-state index is 12.0. The number of carbonyl (C=O) groups excluding carboxylic acids is 1. The van der Waals surface area contributed by atoms with Crippen LogP contribution >= 0.6 is 12.4 Å². The first kappa shape index (κ1) is 19.0. The number of benzene rings is 2. The fourth-order valence-corrected chi connectivity index (χ4v) is 2.32. The summed E-state index contributed by atoms with van der Waals surface area (Å²) in [5.74, 6) is 0.712. The van der Waals surface area contributed by atoms with Gasteiger partial charge >= 0.3 is 0 Å². The van der Waals surface area contributed by atoms with Gasteiger partial charge in [0.15, 0.2) is 0 Å². The number of halogens is 1. The van der Waals surface area contributed by atoms with Gasteiger partial charge in [-0.25, -0.2) is 0 Å². The molecule has 0 spiro atoms. The van der Waals surface area contributed by atoms with Gasteiger partial charge in [0, 0.05) is 6.54 Å². The molecule has 3 N–H and O–H groups in total. The second-order valence-corrected chi connectivity index (χ2v) is 5.15. The Morgan fingerprint density at radius 3 is 2.48 bits per heavy atom. The summed E-state index contributed by atoms with van der Waals surface area (Å²) in [4.78, 5) is 12.0. The van der Waals surface area contributed by atoms with Crippen molar-refractivity contribution in [1.82, 2.24) is 5.32 Å². The first-order chi connectivity index (χ1) is 10.7. The fraction of sp³-hybridized carbons (Fsp3) is 0.278. The lowest BCUT2D eigenvalue weighted by Gasteiger charge is -2.13. The molecule has 5 heteroatoms. The molecule has 0 aliphatic rings. The molecule has 1 atom stereocenters. The molecule has 124 valence electrons. The van der Waals surface area contributed by atoms with Gasteiger partial charge in [0.25, 0.3) is 0 Å². The van der Waals surface area contributed by atoms with Crippen LogP contribution in [0.4, 0.5) is 0 Å². The third-order valence-electron chi connectivity index (χ3n) is 3.52. The molecule has 0 aliphatic heterocycles. The summed E-state index contributed by atoms with van der Waals surface area (Å²) >= 11 is 0. The van der Waals surface area contributed by atoms with Crippen LogP contribution in [0.5, 0.6) is 5.75 Å². The van der Waals surface area contributed by atoms with Gasteiger partial charge in [-0.1, -0.05) is 48.5 Å². The van der Waals surface area contributed by atoms with Crippen molar-refractivity contribution >= 4 is 18.3 Å². The van der Waals surface area contributed by atoms with Gasteiger partial charge < -0.3 is 15.8 Å². The molecule has 0 aromatic heterocycles. The molecule has 1 unspecified atom stereocenters. The van der Waals surface area contributed by atoms with E-state index >= 15 is 0 Å². The van der Waals surface area contributed by atoms with Crippen LogP contribution in [0, 0.1) is 0 Å². The summed E-state index contributed by atoms with van der Waals surface area (Å²) < 4.78 is 5.29. The van der Waals surface area contributed by atoms with E-state index in [1.165, 1.54) is 0 Å². The Morgan fingerprint density at radius 2 is 1.78 bits per heavy atom. The number of methoxy groups -OCH3 is 1. The predicted molar refractivity (Wildman–Crippen MR) is 95.1 cm³/mol. The Bertz CT molecular complexity index is 605. The number of nitrogens with one attached hydrogen (secondary N) is 1. The zero-order valence-corrected chi connectivity index (χ0v) is 14.0. The molecule has 2 rings (SSSR count). The smallest absolute Gasteiger partial charge is 0.237 e. The van der Waals surface area contributed by atoms with E-state index in [0.717, 1.165) is 16.9 Å². The fourth-order valence-electron chi connectivity index (χ4n) is 2.32. The summed E-state index contributed by atoms with van der Waals surface area (Å²) in [6.45, 7) is 0.543. The molecule has 0 heterocycles. The molecule has 0 fully saturated rings. The van der Waals surface area contributed by atoms with Crippen molar-refractivity contribution in [3.05, 3.63) is 65.7 Å². The molecule has 4 nitrogen and oxygen atoms in total. The van der Waals surface area contributed by atoms with Crippen molar-refractivity contribution in [2.75, 3.05) is 13.7 Å². The number of para-hydroxylation sites is 1. The first-order valence-corrected chi connectivity index (χ1v) is 7.40. The molecule has 2 aromatic carbocycles. The summed E-state index contributed by atoms with van der Waals surface area (Å²) in [5, 5.41) is 2.88. The van der Waals surface area contributed by atoms with Gasteiger partial charge in [0.05, 0.1) is 13.2 Å². The van der Waals surface area contributed by atoms with Crippen LogP contribution in [0.25, 0.3) is 0 Å². The van der Waals surface area contributed by atoms with Gasteiger partial charge in [0.1, 0.15) is 5.75 Å². The van der Waals surface area contributed by atoms with Gasteiger partial charge in [0.2, 0.25) is 5.91 Å². The number of carbonyl (C=O) groups is 1. The molecule has 1 amide bonds. The van der Waals surface area contributed by atoms with Crippen LogP contribution in [-0.4, -0.2) is 25.6 Å². The summed E-state index contributed by atoms with van der Waals surface area (Å²) in [6, 6.07) is 17.1. The number of rotatable bonds is 7. The van der Waals surface area contributed by atoms with Crippen LogP contribution in [0.2, 0.25) is 0 Å². The molecular formula is C18H23ClN2O2. The second kappa shape index (κ2) is 9.87. The van der Waals surface area contributed by atoms with Crippen molar-refractivity contribution in [3.63, 3.8) is 0 Å². The Hall–Kier alpha value is -2.04. The highest BCUT2D eigenvalue weighted by atomic mass is 35.5. The highest BCUT2D eigenvalue weighted by Gasteiger charge is 2.13. The van der Waals surface area contributed by atoms with E-state index in [4.69, 9.17) is 10.5 Å². The van der Waals surface area contributed by atoms with Crippen LogP contribution < -0.4 is 15.8 Å². The van der Waals surface area contributed by atoms with Gasteiger partial charge in [-0.05, 0) is 30.0 Å². The number of hydrogen-bond donors (Lipinski definition) is 2. The third-order valence-corrected chi connectivity index (χ3v) is 3.52. The molecule has 0 aliphatic carbocycles. The average Bonchev–Trinajstić information content (AvgIpc) is 2.56. The molecule has 0 bridgehead atoms. The molecule has 0 saturated carbocycles. The molecule has 0 radical (unpaired) electrons. The Morgan fingerprint density at radius 1 is 1.13 bits per heavy atom. The lowest BCUT2D eigenvalue weighted by molar-refractivity contribution is -0.122. The quantitative estimate of drug-likeness (QED) is 0.817. The SMILES string of the molecule is COc1ccccc1CCNC(=O)C(N)Cc1ccccc1.Cl. The van der Waals surface area contributed by atoms with Crippen molar-refractivity contribution in [2.45, 2.75) is 18.9 Å². The number of hydrogen-bond acceptors (Lipinski definition) is 3. The zero-order chi connectivity index (χ0) is 15.8. The van der Waals surface area contributed by atoms with E-state index in [0.29, 0.717) is 19.4 Å². The highest BCUT2D eigenvalue weighted by molar-refractivity contribution is 5.85. The first-order valence-electron chi connectivity index (χ1n) is 7.40. The largest absolute Gasteiger partial charge is 0.496 e. The Labute approximate surface area is 143 Å². The number of amides is 1. The lowest BCUT2D eigenvalue weighted by Crippen LogP contribution is -2.42. The van der Waals surface area contributed by atoms with E-state index in [-0.39, 0.29) is 18.3 Å². The van der Waals surface area contributed by atoms with Crippen molar-refractivity contribution in [2.24, 2.45) is 5.73 Å². The topological polar surface area (TPSA) is 64.3 Å². The minimum absolute atomic E-state index is 0. The molecular weight excluding hydrogens is 312 g/mol. The molecule has 0 saturated heterocycles. The number of nitrogens with two attached hydrogens (primary N) is 1. The highest BCUT2D eigenvalue weighted by Crippen LogP contribution is 2.17. The Balaban J connectivity index is 0.00000264. The summed E-state index contributed by atoms with van der Waals surface area (Å²) in [6.07, 6.45) is 1.26. The monoisotopic (exact) mass is 334 g/mol. The van der Waals surface area contributed by atoms with Crippen molar-refractivity contribution < 1.29 is 9.53 Å². The maximum Gasteiger partial charge on any atom is 0.237 e. The van der Waals surface area contributed by atoms with E-state index in [9.17, 15) is 4.79 Å². The predicted octanol–water partition coefficient (Wildman–Crippen LogP) is 2.35. The minimum atomic E-state index is -0.528. The van der Waals surface area contributed by atoms with Crippen molar-refractivity contribution in [1.29, 1.82) is 0 Å². The van der Waals surface area contributed by atoms with Gasteiger partial charge in [-0.2, -0.15) is 0 Å².